The second kappa shape index (κ2) is 4.75. The van der Waals surface area contributed by atoms with Gasteiger partial charge in [0.25, 0.3) is 0 Å². The van der Waals surface area contributed by atoms with Crippen LogP contribution in [-0.2, 0) is 11.1 Å². The maximum Gasteiger partial charge on any atom is 0.192 e. The zero-order valence-corrected chi connectivity index (χ0v) is 10.7. The molecule has 1 aromatic heterocycles. The van der Waals surface area contributed by atoms with Crippen molar-refractivity contribution in [1.82, 2.24) is 4.57 Å². The number of fused-ring (bicyclic) bond motifs is 1. The van der Waals surface area contributed by atoms with Crippen LogP contribution in [0.1, 0.15) is 5.56 Å². The Kier molecular flexibility index (Phi) is 2.95. The van der Waals surface area contributed by atoms with Gasteiger partial charge in [0, 0.05) is 28.9 Å². The summed E-state index contributed by atoms with van der Waals surface area (Å²) in [5, 5.41) is 1.95. The van der Waals surface area contributed by atoms with Gasteiger partial charge in [-0.3, -0.25) is 4.57 Å². The first-order chi connectivity index (χ1) is 8.86. The molecular weight excluding hydrogens is 241 g/mol. The second-order valence-corrected chi connectivity index (χ2v) is 4.96. The molecule has 3 aromatic rings. The van der Waals surface area contributed by atoms with Crippen LogP contribution in [0.3, 0.4) is 0 Å². The van der Waals surface area contributed by atoms with Crippen molar-refractivity contribution in [2.45, 2.75) is 6.54 Å². The summed E-state index contributed by atoms with van der Waals surface area (Å²) in [6.07, 6.45) is 2.07. The number of hydrogen-bond donors (Lipinski definition) is 0. The lowest BCUT2D eigenvalue weighted by Crippen LogP contribution is -1.98. The first-order valence-electron chi connectivity index (χ1n) is 5.83. The first-order valence-corrected chi connectivity index (χ1v) is 6.64. The highest BCUT2D eigenvalue weighted by Gasteiger charge is 2.02. The van der Waals surface area contributed by atoms with Crippen LogP contribution in [0.15, 0.2) is 60.8 Å². The first kappa shape index (κ1) is 11.2. The summed E-state index contributed by atoms with van der Waals surface area (Å²) in [5.41, 5.74) is 2.45. The smallest absolute Gasteiger partial charge is 0.192 e. The molecule has 3 rings (SSSR count). The fourth-order valence-corrected chi connectivity index (χ4v) is 2.49. The summed E-state index contributed by atoms with van der Waals surface area (Å²) < 4.78 is 13.0. The van der Waals surface area contributed by atoms with E-state index in [1.807, 2.05) is 24.3 Å². The van der Waals surface area contributed by atoms with Crippen LogP contribution in [0.25, 0.3) is 10.9 Å². The summed E-state index contributed by atoms with van der Waals surface area (Å²) >= 11 is 0. The second-order valence-electron chi connectivity index (χ2n) is 4.26. The summed E-state index contributed by atoms with van der Waals surface area (Å²) in [6, 6.07) is 18.3. The molecule has 3 heteroatoms. The Hall–Kier alpha value is -1.92. The van der Waals surface area contributed by atoms with Gasteiger partial charge in [-0.25, -0.2) is 0 Å². The van der Waals surface area contributed by atoms with Crippen LogP contribution in [0.2, 0.25) is 0 Å². The molecule has 0 radical (unpaired) electrons. The molecule has 0 aliphatic rings. The molecule has 1 heterocycles. The number of nitrogens with zero attached hydrogens (tertiary/aromatic N) is 1. The topological polar surface area (TPSA) is 22.0 Å². The molecule has 0 amide bonds. The minimum atomic E-state index is 0.0772. The lowest BCUT2D eigenvalue weighted by Gasteiger charge is -2.05. The van der Waals surface area contributed by atoms with Crippen molar-refractivity contribution in [3.05, 3.63) is 66.4 Å². The van der Waals surface area contributed by atoms with Gasteiger partial charge in [0.15, 0.2) is 8.46 Å². The number of rotatable bonds is 3. The van der Waals surface area contributed by atoms with E-state index in [1.165, 1.54) is 11.1 Å². The van der Waals surface area contributed by atoms with Crippen LogP contribution in [0.5, 0.6) is 0 Å². The zero-order chi connectivity index (χ0) is 12.4. The van der Waals surface area contributed by atoms with Crippen molar-refractivity contribution < 1.29 is 4.57 Å². The van der Waals surface area contributed by atoms with Crippen LogP contribution in [0.4, 0.5) is 0 Å². The molecule has 0 bridgehead atoms. The van der Waals surface area contributed by atoms with Gasteiger partial charge in [-0.2, -0.15) is 0 Å². The predicted molar refractivity (Wildman–Crippen MR) is 74.7 cm³/mol. The summed E-state index contributed by atoms with van der Waals surface area (Å²) in [6.45, 7) is 0.860. The van der Waals surface area contributed by atoms with E-state index in [-0.39, 0.29) is 8.46 Å². The van der Waals surface area contributed by atoms with Crippen molar-refractivity contribution in [3.8, 4) is 0 Å². The highest BCUT2D eigenvalue weighted by Crippen LogP contribution is 2.17. The molecule has 2 aromatic carbocycles. The highest BCUT2D eigenvalue weighted by atomic mass is 31.1. The van der Waals surface area contributed by atoms with E-state index in [0.717, 1.165) is 17.2 Å². The van der Waals surface area contributed by atoms with Crippen LogP contribution >= 0.6 is 8.46 Å². The Balaban J connectivity index is 2.00. The third-order valence-electron chi connectivity index (χ3n) is 3.06. The average molecular weight is 253 g/mol. The molecule has 88 valence electrons. The maximum absolute atomic E-state index is 10.8. The molecule has 18 heavy (non-hydrogen) atoms. The Morgan fingerprint density at radius 1 is 1.00 bits per heavy atom. The van der Waals surface area contributed by atoms with Gasteiger partial charge in [-0.15, -0.1) is 0 Å². The SMILES string of the molecule is O=Pc1ccc2c(ccn2Cc2ccccc2)c1. The Morgan fingerprint density at radius 3 is 2.61 bits per heavy atom. The van der Waals surface area contributed by atoms with Crippen molar-refractivity contribution in [3.63, 3.8) is 0 Å². The van der Waals surface area contributed by atoms with E-state index in [4.69, 9.17) is 0 Å². The normalized spacial score (nSPS) is 11.1. The van der Waals surface area contributed by atoms with E-state index in [1.54, 1.807) is 0 Å². The van der Waals surface area contributed by atoms with Crippen molar-refractivity contribution in [2.24, 2.45) is 0 Å². The molecule has 0 N–H and O–H groups in total. The van der Waals surface area contributed by atoms with E-state index in [2.05, 4.69) is 41.1 Å². The quantitative estimate of drug-likeness (QED) is 0.653. The van der Waals surface area contributed by atoms with Crippen molar-refractivity contribution in [2.75, 3.05) is 0 Å². The minimum Gasteiger partial charge on any atom is -0.343 e. The number of benzene rings is 2. The number of aromatic nitrogens is 1. The summed E-state index contributed by atoms with van der Waals surface area (Å²) in [5.74, 6) is 0. The molecule has 0 aliphatic heterocycles. The molecular formula is C15H12NOP. The molecule has 0 aliphatic carbocycles. The Bertz CT molecular complexity index is 688. The van der Waals surface area contributed by atoms with Crippen LogP contribution in [-0.4, -0.2) is 4.57 Å². The third-order valence-corrected chi connectivity index (χ3v) is 3.54. The van der Waals surface area contributed by atoms with Gasteiger partial charge in [0.2, 0.25) is 0 Å². The summed E-state index contributed by atoms with van der Waals surface area (Å²) in [7, 11) is 0.0772. The van der Waals surface area contributed by atoms with Crippen molar-refractivity contribution >= 4 is 24.7 Å². The number of hydrogen-bond acceptors (Lipinski definition) is 1. The molecule has 0 spiro atoms. The fourth-order valence-electron chi connectivity index (χ4n) is 2.16. The lowest BCUT2D eigenvalue weighted by atomic mass is 10.2. The van der Waals surface area contributed by atoms with Gasteiger partial charge < -0.3 is 4.57 Å². The maximum atomic E-state index is 10.8. The minimum absolute atomic E-state index is 0.0772. The zero-order valence-electron chi connectivity index (χ0n) is 9.78. The molecule has 0 fully saturated rings. The molecule has 2 nitrogen and oxygen atoms in total. The highest BCUT2D eigenvalue weighted by molar-refractivity contribution is 7.34. The molecule has 0 atom stereocenters. The van der Waals surface area contributed by atoms with E-state index < -0.39 is 0 Å². The average Bonchev–Trinajstić information content (AvgIpc) is 2.82. The van der Waals surface area contributed by atoms with E-state index in [0.29, 0.717) is 0 Å². The van der Waals surface area contributed by atoms with Gasteiger partial charge in [-0.1, -0.05) is 30.3 Å². The Morgan fingerprint density at radius 2 is 1.83 bits per heavy atom. The lowest BCUT2D eigenvalue weighted by molar-refractivity contribution is 0.603. The van der Waals surface area contributed by atoms with E-state index >= 15 is 0 Å². The molecule has 0 saturated carbocycles. The molecule has 0 saturated heterocycles. The van der Waals surface area contributed by atoms with Gasteiger partial charge in [0.05, 0.1) is 0 Å². The Labute approximate surface area is 107 Å². The van der Waals surface area contributed by atoms with Gasteiger partial charge in [-0.05, 0) is 29.8 Å². The van der Waals surface area contributed by atoms with Gasteiger partial charge >= 0.3 is 0 Å². The van der Waals surface area contributed by atoms with Crippen molar-refractivity contribution in [1.29, 1.82) is 0 Å². The van der Waals surface area contributed by atoms with E-state index in [9.17, 15) is 4.57 Å². The predicted octanol–water partition coefficient (Wildman–Crippen LogP) is 3.61. The van der Waals surface area contributed by atoms with Gasteiger partial charge in [0.1, 0.15) is 0 Å². The van der Waals surface area contributed by atoms with Crippen LogP contribution < -0.4 is 5.30 Å². The summed E-state index contributed by atoms with van der Waals surface area (Å²) in [4.78, 5) is 0. The third kappa shape index (κ3) is 2.07. The standard InChI is InChI=1S/C15H12NOP/c17-18-14-6-7-15-13(10-14)8-9-16(15)11-12-4-2-1-3-5-12/h1-10H,11H2. The largest absolute Gasteiger partial charge is 0.343 e. The molecule has 0 unspecified atom stereocenters. The monoisotopic (exact) mass is 253 g/mol. The fraction of sp³-hybridized carbons (Fsp3) is 0.0667. The van der Waals surface area contributed by atoms with Crippen LogP contribution in [0, 0.1) is 0 Å².